The molecular formula is C20H31N3O3S. The lowest BCUT2D eigenvalue weighted by molar-refractivity contribution is -0.131. The van der Waals surface area contributed by atoms with Gasteiger partial charge in [0.05, 0.1) is 11.4 Å². The number of amides is 1. The summed E-state index contributed by atoms with van der Waals surface area (Å²) in [7, 11) is -3.50. The van der Waals surface area contributed by atoms with Crippen LogP contribution in [0.1, 0.15) is 51.0 Å². The predicted octanol–water partition coefficient (Wildman–Crippen LogP) is 2.18. The number of hydrogen-bond acceptors (Lipinski definition) is 4. The minimum atomic E-state index is -3.50. The van der Waals surface area contributed by atoms with Gasteiger partial charge in [-0.05, 0) is 49.3 Å². The SMILES string of the molecule is CC(C)c1ccc(S(=O)(=O)NC2CCN(CC(=O)N3CCCC3)CC2)cc1. The van der Waals surface area contributed by atoms with Crippen LogP contribution in [0.15, 0.2) is 29.2 Å². The molecule has 2 aliphatic heterocycles. The second kappa shape index (κ2) is 8.71. The predicted molar refractivity (Wildman–Crippen MR) is 106 cm³/mol. The van der Waals surface area contributed by atoms with Gasteiger partial charge in [-0.2, -0.15) is 0 Å². The summed E-state index contributed by atoms with van der Waals surface area (Å²) in [4.78, 5) is 16.7. The summed E-state index contributed by atoms with van der Waals surface area (Å²) in [6, 6.07) is 7.05. The number of likely N-dealkylation sites (tertiary alicyclic amines) is 2. The first-order valence-corrected chi connectivity index (χ1v) is 11.5. The molecular weight excluding hydrogens is 362 g/mol. The van der Waals surface area contributed by atoms with E-state index in [0.717, 1.165) is 57.4 Å². The highest BCUT2D eigenvalue weighted by Gasteiger charge is 2.27. The van der Waals surface area contributed by atoms with Gasteiger partial charge < -0.3 is 4.90 Å². The summed E-state index contributed by atoms with van der Waals surface area (Å²) >= 11 is 0. The molecule has 1 amide bonds. The molecule has 2 heterocycles. The Morgan fingerprint density at radius 1 is 1.07 bits per heavy atom. The van der Waals surface area contributed by atoms with Crippen molar-refractivity contribution in [3.05, 3.63) is 29.8 Å². The topological polar surface area (TPSA) is 69.7 Å². The van der Waals surface area contributed by atoms with Crippen LogP contribution in [0.3, 0.4) is 0 Å². The number of nitrogens with one attached hydrogen (secondary N) is 1. The number of nitrogens with zero attached hydrogens (tertiary/aromatic N) is 2. The number of benzene rings is 1. The van der Waals surface area contributed by atoms with Gasteiger partial charge in [-0.3, -0.25) is 9.69 Å². The van der Waals surface area contributed by atoms with Crippen LogP contribution in [-0.4, -0.2) is 62.9 Å². The summed E-state index contributed by atoms with van der Waals surface area (Å²) in [5.41, 5.74) is 1.13. The van der Waals surface area contributed by atoms with Gasteiger partial charge in [0.15, 0.2) is 0 Å². The maximum Gasteiger partial charge on any atom is 0.240 e. The minimum absolute atomic E-state index is 0.0714. The zero-order valence-electron chi connectivity index (χ0n) is 16.4. The molecule has 2 fully saturated rings. The van der Waals surface area contributed by atoms with Crippen molar-refractivity contribution in [3.63, 3.8) is 0 Å². The maximum absolute atomic E-state index is 12.6. The molecule has 2 saturated heterocycles. The minimum Gasteiger partial charge on any atom is -0.342 e. The van der Waals surface area contributed by atoms with E-state index in [-0.39, 0.29) is 11.9 Å². The molecule has 0 spiro atoms. The second-order valence-corrected chi connectivity index (χ2v) is 9.70. The van der Waals surface area contributed by atoms with Crippen LogP contribution < -0.4 is 4.72 Å². The third-order valence-electron chi connectivity index (χ3n) is 5.58. The molecule has 1 N–H and O–H groups in total. The van der Waals surface area contributed by atoms with Crippen LogP contribution in [0.25, 0.3) is 0 Å². The molecule has 27 heavy (non-hydrogen) atoms. The van der Waals surface area contributed by atoms with Crippen LogP contribution in [0.5, 0.6) is 0 Å². The van der Waals surface area contributed by atoms with E-state index in [2.05, 4.69) is 23.5 Å². The first-order chi connectivity index (χ1) is 12.8. The average molecular weight is 394 g/mol. The molecule has 0 aromatic heterocycles. The fourth-order valence-corrected chi connectivity index (χ4v) is 5.09. The number of carbonyl (C=O) groups is 1. The molecule has 6 nitrogen and oxygen atoms in total. The lowest BCUT2D eigenvalue weighted by atomic mass is 10.0. The first kappa shape index (κ1) is 20.3. The van der Waals surface area contributed by atoms with Crippen molar-refractivity contribution in [2.75, 3.05) is 32.7 Å². The summed E-state index contributed by atoms with van der Waals surface area (Å²) in [6.07, 6.45) is 3.68. The molecule has 0 atom stereocenters. The maximum atomic E-state index is 12.6. The smallest absolute Gasteiger partial charge is 0.240 e. The van der Waals surface area contributed by atoms with E-state index < -0.39 is 10.0 Å². The summed E-state index contributed by atoms with van der Waals surface area (Å²) in [5.74, 6) is 0.582. The Kier molecular flexibility index (Phi) is 6.55. The lowest BCUT2D eigenvalue weighted by Gasteiger charge is -2.32. The molecule has 150 valence electrons. The van der Waals surface area contributed by atoms with E-state index in [1.54, 1.807) is 12.1 Å². The van der Waals surface area contributed by atoms with E-state index in [1.165, 1.54) is 0 Å². The van der Waals surface area contributed by atoms with Crippen LogP contribution in [-0.2, 0) is 14.8 Å². The number of rotatable bonds is 6. The van der Waals surface area contributed by atoms with Gasteiger partial charge in [-0.15, -0.1) is 0 Å². The molecule has 0 bridgehead atoms. The van der Waals surface area contributed by atoms with Crippen molar-refractivity contribution in [2.24, 2.45) is 0 Å². The van der Waals surface area contributed by atoms with Crippen LogP contribution in [0.2, 0.25) is 0 Å². The number of piperidine rings is 1. The van der Waals surface area contributed by atoms with Crippen molar-refractivity contribution in [3.8, 4) is 0 Å². The highest BCUT2D eigenvalue weighted by Crippen LogP contribution is 2.19. The van der Waals surface area contributed by atoms with Crippen molar-refractivity contribution < 1.29 is 13.2 Å². The lowest BCUT2D eigenvalue weighted by Crippen LogP contribution is -2.47. The molecule has 7 heteroatoms. The molecule has 0 radical (unpaired) electrons. The van der Waals surface area contributed by atoms with Gasteiger partial charge in [0, 0.05) is 32.2 Å². The molecule has 3 rings (SSSR count). The normalized spacial score (nSPS) is 19.7. The van der Waals surface area contributed by atoms with Crippen molar-refractivity contribution in [1.29, 1.82) is 0 Å². The zero-order chi connectivity index (χ0) is 19.4. The first-order valence-electron chi connectivity index (χ1n) is 9.97. The Labute approximate surface area is 163 Å². The van der Waals surface area contributed by atoms with Gasteiger partial charge in [0.25, 0.3) is 0 Å². The molecule has 1 aromatic rings. The van der Waals surface area contributed by atoms with Gasteiger partial charge in [0.1, 0.15) is 0 Å². The third-order valence-corrected chi connectivity index (χ3v) is 7.12. The van der Waals surface area contributed by atoms with E-state index in [0.29, 0.717) is 17.4 Å². The Morgan fingerprint density at radius 2 is 1.67 bits per heavy atom. The molecule has 0 saturated carbocycles. The van der Waals surface area contributed by atoms with Crippen LogP contribution in [0.4, 0.5) is 0 Å². The third kappa shape index (κ3) is 5.30. The Hall–Kier alpha value is -1.44. The molecule has 0 aliphatic carbocycles. The largest absolute Gasteiger partial charge is 0.342 e. The Morgan fingerprint density at radius 3 is 2.22 bits per heavy atom. The standard InChI is InChI=1S/C20H31N3O3S/c1-16(2)17-5-7-19(8-6-17)27(25,26)21-18-9-13-22(14-10-18)15-20(24)23-11-3-4-12-23/h5-8,16,18,21H,3-4,9-15H2,1-2H3. The van der Waals surface area contributed by atoms with Gasteiger partial charge in [0.2, 0.25) is 15.9 Å². The molecule has 1 aromatic carbocycles. The number of hydrogen-bond donors (Lipinski definition) is 1. The fraction of sp³-hybridized carbons (Fsp3) is 0.650. The molecule has 2 aliphatic rings. The van der Waals surface area contributed by atoms with E-state index in [4.69, 9.17) is 0 Å². The van der Waals surface area contributed by atoms with E-state index in [9.17, 15) is 13.2 Å². The van der Waals surface area contributed by atoms with E-state index >= 15 is 0 Å². The van der Waals surface area contributed by atoms with E-state index in [1.807, 2.05) is 17.0 Å². The van der Waals surface area contributed by atoms with Crippen molar-refractivity contribution in [2.45, 2.75) is 56.4 Å². The monoisotopic (exact) mass is 393 g/mol. The fourth-order valence-electron chi connectivity index (χ4n) is 3.79. The van der Waals surface area contributed by atoms with Gasteiger partial charge in [-0.1, -0.05) is 26.0 Å². The second-order valence-electron chi connectivity index (χ2n) is 7.98. The summed E-state index contributed by atoms with van der Waals surface area (Å²) < 4.78 is 28.1. The number of carbonyl (C=O) groups excluding carboxylic acids is 1. The van der Waals surface area contributed by atoms with Gasteiger partial charge in [-0.25, -0.2) is 13.1 Å². The Bertz CT molecular complexity index is 732. The zero-order valence-corrected chi connectivity index (χ0v) is 17.2. The summed E-state index contributed by atoms with van der Waals surface area (Å²) in [5, 5.41) is 0. The average Bonchev–Trinajstić information content (AvgIpc) is 3.18. The van der Waals surface area contributed by atoms with Crippen molar-refractivity contribution >= 4 is 15.9 Å². The highest BCUT2D eigenvalue weighted by molar-refractivity contribution is 7.89. The number of sulfonamides is 1. The summed E-state index contributed by atoms with van der Waals surface area (Å²) in [6.45, 7) is 7.89. The highest BCUT2D eigenvalue weighted by atomic mass is 32.2. The van der Waals surface area contributed by atoms with Crippen LogP contribution >= 0.6 is 0 Å². The van der Waals surface area contributed by atoms with Crippen LogP contribution in [0, 0.1) is 0 Å². The van der Waals surface area contributed by atoms with Gasteiger partial charge >= 0.3 is 0 Å². The van der Waals surface area contributed by atoms with Crippen molar-refractivity contribution in [1.82, 2.24) is 14.5 Å². The molecule has 0 unspecified atom stereocenters. The Balaban J connectivity index is 1.49. The quantitative estimate of drug-likeness (QED) is 0.804.